The monoisotopic (exact) mass is 226 g/mol. The van der Waals surface area contributed by atoms with Crippen molar-refractivity contribution in [2.45, 2.75) is 57.0 Å². The van der Waals surface area contributed by atoms with Crippen molar-refractivity contribution >= 4 is 5.97 Å². The van der Waals surface area contributed by atoms with Crippen LogP contribution >= 0.6 is 0 Å². The highest BCUT2D eigenvalue weighted by molar-refractivity contribution is 5.77. The minimum Gasteiger partial charge on any atom is -0.460 e. The standard InChI is InChI=1S/C12H18O4/c13-12-11(8-4-3-5-9(8)15-12)16-10-6-1-2-7-14-10/h8-11H,1-7H2. The zero-order valence-electron chi connectivity index (χ0n) is 9.39. The maximum absolute atomic E-state index is 11.7. The van der Waals surface area contributed by atoms with Crippen molar-refractivity contribution < 1.29 is 19.0 Å². The van der Waals surface area contributed by atoms with Crippen LogP contribution in [0.5, 0.6) is 0 Å². The van der Waals surface area contributed by atoms with Gasteiger partial charge >= 0.3 is 5.97 Å². The second kappa shape index (κ2) is 4.34. The van der Waals surface area contributed by atoms with Crippen LogP contribution in [0.2, 0.25) is 0 Å². The largest absolute Gasteiger partial charge is 0.460 e. The molecule has 3 fully saturated rings. The molecule has 3 rings (SSSR count). The van der Waals surface area contributed by atoms with Gasteiger partial charge in [0.15, 0.2) is 12.4 Å². The molecular formula is C12H18O4. The van der Waals surface area contributed by atoms with Crippen LogP contribution in [0.3, 0.4) is 0 Å². The van der Waals surface area contributed by atoms with E-state index in [4.69, 9.17) is 14.2 Å². The molecule has 0 aromatic carbocycles. The van der Waals surface area contributed by atoms with Gasteiger partial charge in [-0.3, -0.25) is 0 Å². The Morgan fingerprint density at radius 3 is 2.88 bits per heavy atom. The lowest BCUT2D eigenvalue weighted by atomic mass is 10.0. The van der Waals surface area contributed by atoms with Crippen LogP contribution in [0.25, 0.3) is 0 Å². The molecular weight excluding hydrogens is 208 g/mol. The van der Waals surface area contributed by atoms with Crippen molar-refractivity contribution in [1.29, 1.82) is 0 Å². The number of hydrogen-bond donors (Lipinski definition) is 0. The summed E-state index contributed by atoms with van der Waals surface area (Å²) in [5, 5.41) is 0. The number of hydrogen-bond acceptors (Lipinski definition) is 4. The summed E-state index contributed by atoms with van der Waals surface area (Å²) < 4.78 is 16.6. The molecule has 2 heterocycles. The van der Waals surface area contributed by atoms with Crippen molar-refractivity contribution in [1.82, 2.24) is 0 Å². The number of rotatable bonds is 2. The van der Waals surface area contributed by atoms with E-state index in [0.29, 0.717) is 0 Å². The molecule has 0 aromatic rings. The van der Waals surface area contributed by atoms with E-state index >= 15 is 0 Å². The minimum atomic E-state index is -0.365. The van der Waals surface area contributed by atoms with Gasteiger partial charge in [-0.25, -0.2) is 4.79 Å². The van der Waals surface area contributed by atoms with Gasteiger partial charge in [0.2, 0.25) is 0 Å². The van der Waals surface area contributed by atoms with E-state index in [1.807, 2.05) is 0 Å². The molecule has 0 N–H and O–H groups in total. The molecule has 3 aliphatic rings. The Morgan fingerprint density at radius 2 is 2.06 bits per heavy atom. The van der Waals surface area contributed by atoms with Gasteiger partial charge in [0.1, 0.15) is 6.10 Å². The van der Waals surface area contributed by atoms with Gasteiger partial charge < -0.3 is 14.2 Å². The molecule has 0 radical (unpaired) electrons. The van der Waals surface area contributed by atoms with E-state index in [-0.39, 0.29) is 30.4 Å². The normalized spacial score (nSPS) is 43.1. The number of carbonyl (C=O) groups is 1. The summed E-state index contributed by atoms with van der Waals surface area (Å²) >= 11 is 0. The molecule has 4 atom stereocenters. The average molecular weight is 226 g/mol. The lowest BCUT2D eigenvalue weighted by molar-refractivity contribution is -0.198. The summed E-state index contributed by atoms with van der Waals surface area (Å²) in [6.07, 6.45) is 5.88. The quantitative estimate of drug-likeness (QED) is 0.671. The fraction of sp³-hybridized carbons (Fsp3) is 0.917. The van der Waals surface area contributed by atoms with Crippen molar-refractivity contribution in [3.8, 4) is 0 Å². The van der Waals surface area contributed by atoms with E-state index < -0.39 is 0 Å². The van der Waals surface area contributed by atoms with Crippen LogP contribution in [-0.4, -0.2) is 31.1 Å². The topological polar surface area (TPSA) is 44.8 Å². The summed E-state index contributed by atoms with van der Waals surface area (Å²) in [5.41, 5.74) is 0. The lowest BCUT2D eigenvalue weighted by Crippen LogP contribution is -2.34. The maximum Gasteiger partial charge on any atom is 0.336 e. The van der Waals surface area contributed by atoms with Crippen molar-refractivity contribution in [3.63, 3.8) is 0 Å². The Bertz CT molecular complexity index is 272. The Morgan fingerprint density at radius 1 is 1.12 bits per heavy atom. The number of carbonyl (C=O) groups excluding carboxylic acids is 1. The molecule has 4 heteroatoms. The van der Waals surface area contributed by atoms with Gasteiger partial charge in [-0.1, -0.05) is 0 Å². The Kier molecular flexibility index (Phi) is 2.86. The first-order valence-electron chi connectivity index (χ1n) is 6.32. The first kappa shape index (κ1) is 10.5. The van der Waals surface area contributed by atoms with Gasteiger partial charge in [0.25, 0.3) is 0 Å². The van der Waals surface area contributed by atoms with Gasteiger partial charge in [0, 0.05) is 12.5 Å². The molecule has 0 aromatic heterocycles. The minimum absolute atomic E-state index is 0.112. The molecule has 0 bridgehead atoms. The SMILES string of the molecule is O=C1OC2CCCC2C1OC1CCCCO1. The third kappa shape index (κ3) is 1.84. The third-order valence-electron chi connectivity index (χ3n) is 3.83. The smallest absolute Gasteiger partial charge is 0.336 e. The van der Waals surface area contributed by atoms with Crippen LogP contribution < -0.4 is 0 Å². The molecule has 1 saturated carbocycles. The molecule has 2 saturated heterocycles. The lowest BCUT2D eigenvalue weighted by Gasteiger charge is -2.26. The number of fused-ring (bicyclic) bond motifs is 1. The van der Waals surface area contributed by atoms with Crippen LogP contribution in [0.4, 0.5) is 0 Å². The van der Waals surface area contributed by atoms with Crippen LogP contribution in [-0.2, 0) is 19.0 Å². The summed E-state index contributed by atoms with van der Waals surface area (Å²) in [6.45, 7) is 0.751. The van der Waals surface area contributed by atoms with E-state index in [0.717, 1.165) is 45.1 Å². The molecule has 1 aliphatic carbocycles. The first-order valence-corrected chi connectivity index (χ1v) is 6.32. The fourth-order valence-electron chi connectivity index (χ4n) is 2.98. The molecule has 4 unspecified atom stereocenters. The molecule has 0 spiro atoms. The van der Waals surface area contributed by atoms with Crippen LogP contribution in [0.15, 0.2) is 0 Å². The Hall–Kier alpha value is -0.610. The van der Waals surface area contributed by atoms with Gasteiger partial charge in [-0.05, 0) is 38.5 Å². The number of ether oxygens (including phenoxy) is 3. The zero-order valence-corrected chi connectivity index (χ0v) is 9.39. The van der Waals surface area contributed by atoms with E-state index in [1.165, 1.54) is 0 Å². The van der Waals surface area contributed by atoms with Crippen LogP contribution in [0.1, 0.15) is 38.5 Å². The second-order valence-corrected chi connectivity index (χ2v) is 4.92. The Labute approximate surface area is 95.2 Å². The molecule has 90 valence electrons. The fourth-order valence-corrected chi connectivity index (χ4v) is 2.98. The predicted molar refractivity (Wildman–Crippen MR) is 55.7 cm³/mol. The van der Waals surface area contributed by atoms with Gasteiger partial charge in [0.05, 0.1) is 0 Å². The highest BCUT2D eigenvalue weighted by Crippen LogP contribution is 2.39. The zero-order chi connectivity index (χ0) is 11.0. The van der Waals surface area contributed by atoms with E-state index in [1.54, 1.807) is 0 Å². The van der Waals surface area contributed by atoms with Gasteiger partial charge in [-0.2, -0.15) is 0 Å². The highest BCUT2D eigenvalue weighted by Gasteiger charge is 2.48. The highest BCUT2D eigenvalue weighted by atomic mass is 16.7. The van der Waals surface area contributed by atoms with Gasteiger partial charge in [-0.15, -0.1) is 0 Å². The van der Waals surface area contributed by atoms with E-state index in [2.05, 4.69) is 0 Å². The molecule has 16 heavy (non-hydrogen) atoms. The van der Waals surface area contributed by atoms with Crippen molar-refractivity contribution in [2.75, 3.05) is 6.61 Å². The van der Waals surface area contributed by atoms with Crippen molar-refractivity contribution in [3.05, 3.63) is 0 Å². The summed E-state index contributed by atoms with van der Waals surface area (Å²) in [7, 11) is 0. The van der Waals surface area contributed by atoms with Crippen molar-refractivity contribution in [2.24, 2.45) is 5.92 Å². The Balaban J connectivity index is 1.62. The predicted octanol–water partition coefficient (Wildman–Crippen LogP) is 1.62. The number of esters is 1. The maximum atomic E-state index is 11.7. The first-order chi connectivity index (χ1) is 7.84. The third-order valence-corrected chi connectivity index (χ3v) is 3.83. The summed E-state index contributed by atoms with van der Waals surface area (Å²) in [6, 6.07) is 0. The molecule has 2 aliphatic heterocycles. The summed E-state index contributed by atoms with van der Waals surface area (Å²) in [5.74, 6) is 0.0990. The van der Waals surface area contributed by atoms with E-state index in [9.17, 15) is 4.79 Å². The molecule has 4 nitrogen and oxygen atoms in total. The molecule has 0 amide bonds. The summed E-state index contributed by atoms with van der Waals surface area (Å²) in [4.78, 5) is 11.7. The second-order valence-electron chi connectivity index (χ2n) is 4.92. The average Bonchev–Trinajstić information content (AvgIpc) is 2.84. The van der Waals surface area contributed by atoms with Crippen LogP contribution in [0, 0.1) is 5.92 Å².